The highest BCUT2D eigenvalue weighted by Gasteiger charge is 2.56. The number of imide groups is 1. The van der Waals surface area contributed by atoms with Crippen LogP contribution in [0, 0.1) is 18.7 Å². The molecule has 202 valence electrons. The Balaban J connectivity index is 1.41. The lowest BCUT2D eigenvalue weighted by Gasteiger charge is -2.30. The van der Waals surface area contributed by atoms with Crippen LogP contribution in [0.2, 0.25) is 0 Å². The Morgan fingerprint density at radius 2 is 1.73 bits per heavy atom. The van der Waals surface area contributed by atoms with E-state index in [2.05, 4.69) is 21.2 Å². The first-order valence-electron chi connectivity index (χ1n) is 12.4. The van der Waals surface area contributed by atoms with Gasteiger partial charge in [-0.1, -0.05) is 68.9 Å². The van der Waals surface area contributed by atoms with Crippen molar-refractivity contribution in [3.05, 3.63) is 109 Å². The molecule has 1 N–H and O–H groups in total. The Labute approximate surface area is 245 Å². The number of nitrogens with one attached hydrogen (secondary N) is 1. The number of aromatic nitrogens is 1. The molecule has 0 bridgehead atoms. The third-order valence-electron chi connectivity index (χ3n) is 6.98. The van der Waals surface area contributed by atoms with E-state index in [9.17, 15) is 23.6 Å². The van der Waals surface area contributed by atoms with Gasteiger partial charge >= 0.3 is 4.87 Å². The number of thiazole rings is 1. The fraction of sp³-hybridized carbons (Fsp3) is 0.172. The van der Waals surface area contributed by atoms with Crippen molar-refractivity contribution in [2.45, 2.75) is 29.7 Å². The maximum atomic E-state index is 13.9. The Kier molecular flexibility index (Phi) is 6.97. The molecule has 3 aromatic carbocycles. The maximum absolute atomic E-state index is 13.9. The van der Waals surface area contributed by atoms with Crippen LogP contribution in [-0.2, 0) is 20.9 Å². The molecular formula is C29H21BrFN3O4S2. The zero-order valence-corrected chi connectivity index (χ0v) is 24.2. The predicted molar refractivity (Wildman–Crippen MR) is 156 cm³/mol. The lowest BCUT2D eigenvalue weighted by molar-refractivity contribution is -0.122. The summed E-state index contributed by atoms with van der Waals surface area (Å²) in [6.07, 6.45) is 0. The van der Waals surface area contributed by atoms with Crippen molar-refractivity contribution in [3.8, 4) is 0 Å². The van der Waals surface area contributed by atoms with Gasteiger partial charge in [0.05, 0.1) is 16.6 Å². The normalized spacial score (nSPS) is 19.9. The Morgan fingerprint density at radius 3 is 2.42 bits per heavy atom. The summed E-state index contributed by atoms with van der Waals surface area (Å²) < 4.78 is 15.4. The summed E-state index contributed by atoms with van der Waals surface area (Å²) in [4.78, 5) is 55.4. The summed E-state index contributed by atoms with van der Waals surface area (Å²) in [7, 11) is 0. The minimum Gasteiger partial charge on any atom is -0.325 e. The molecule has 6 rings (SSSR count). The number of nitrogens with zero attached hydrogens (tertiary/aromatic N) is 2. The number of amides is 3. The molecule has 2 aliphatic rings. The molecule has 0 spiro atoms. The number of thioether (sulfide) groups is 1. The summed E-state index contributed by atoms with van der Waals surface area (Å²) in [5, 5.41) is 2.41. The number of anilines is 2. The zero-order valence-electron chi connectivity index (χ0n) is 21.0. The number of carbonyl (C=O) groups excluding carboxylic acids is 3. The number of halogens is 2. The summed E-state index contributed by atoms with van der Waals surface area (Å²) >= 11 is 5.65. The molecule has 2 aliphatic heterocycles. The molecule has 2 unspecified atom stereocenters. The average molecular weight is 639 g/mol. The molecule has 1 fully saturated rings. The highest BCUT2D eigenvalue weighted by atomic mass is 79.9. The van der Waals surface area contributed by atoms with Crippen LogP contribution in [0.3, 0.4) is 0 Å². The van der Waals surface area contributed by atoms with E-state index in [1.165, 1.54) is 33.7 Å². The van der Waals surface area contributed by atoms with E-state index in [1.54, 1.807) is 12.1 Å². The van der Waals surface area contributed by atoms with E-state index >= 15 is 0 Å². The minimum atomic E-state index is -0.773. The van der Waals surface area contributed by atoms with Gasteiger partial charge in [0.2, 0.25) is 17.7 Å². The van der Waals surface area contributed by atoms with Gasteiger partial charge in [0.1, 0.15) is 17.6 Å². The van der Waals surface area contributed by atoms with E-state index in [0.717, 1.165) is 38.7 Å². The van der Waals surface area contributed by atoms with Crippen molar-refractivity contribution in [1.29, 1.82) is 0 Å². The smallest absolute Gasteiger partial charge is 0.308 e. The second-order valence-corrected chi connectivity index (χ2v) is 12.7. The number of hydrogen-bond acceptors (Lipinski definition) is 6. The van der Waals surface area contributed by atoms with Crippen LogP contribution in [0.1, 0.15) is 21.9 Å². The minimum absolute atomic E-state index is 0.290. The van der Waals surface area contributed by atoms with Gasteiger partial charge < -0.3 is 5.32 Å². The molecule has 3 heterocycles. The zero-order chi connectivity index (χ0) is 28.1. The Bertz CT molecular complexity index is 1720. The molecule has 40 heavy (non-hydrogen) atoms. The van der Waals surface area contributed by atoms with E-state index in [4.69, 9.17) is 0 Å². The quantitative estimate of drug-likeness (QED) is 0.290. The topological polar surface area (TPSA) is 88.5 Å². The van der Waals surface area contributed by atoms with Gasteiger partial charge in [-0.25, -0.2) is 9.29 Å². The molecule has 4 aromatic rings. The van der Waals surface area contributed by atoms with Crippen molar-refractivity contribution in [1.82, 2.24) is 4.57 Å². The molecule has 7 nitrogen and oxygen atoms in total. The van der Waals surface area contributed by atoms with Crippen LogP contribution in [-0.4, -0.2) is 27.5 Å². The van der Waals surface area contributed by atoms with Crippen molar-refractivity contribution >= 4 is 68.1 Å². The van der Waals surface area contributed by atoms with Crippen molar-refractivity contribution in [2.24, 2.45) is 5.92 Å². The van der Waals surface area contributed by atoms with E-state index in [1.807, 2.05) is 43.3 Å². The van der Waals surface area contributed by atoms with Gasteiger partial charge in [0.15, 0.2) is 0 Å². The first-order chi connectivity index (χ1) is 19.2. The van der Waals surface area contributed by atoms with E-state index in [0.29, 0.717) is 21.3 Å². The fourth-order valence-corrected chi connectivity index (χ4v) is 8.33. The molecule has 3 amide bonds. The fourth-order valence-electron chi connectivity index (χ4n) is 5.14. The molecule has 0 radical (unpaired) electrons. The van der Waals surface area contributed by atoms with Crippen molar-refractivity contribution in [3.63, 3.8) is 0 Å². The monoisotopic (exact) mass is 637 g/mol. The van der Waals surface area contributed by atoms with Crippen LogP contribution in [0.5, 0.6) is 0 Å². The van der Waals surface area contributed by atoms with Crippen molar-refractivity contribution < 1.29 is 18.8 Å². The van der Waals surface area contributed by atoms with E-state index in [-0.39, 0.29) is 23.2 Å². The first-order valence-corrected chi connectivity index (χ1v) is 14.9. The number of fused-ring (bicyclic) bond motifs is 2. The van der Waals surface area contributed by atoms with Gasteiger partial charge in [-0.15, -0.1) is 0 Å². The van der Waals surface area contributed by atoms with E-state index < -0.39 is 28.8 Å². The molecule has 0 saturated carbocycles. The molecule has 1 saturated heterocycles. The number of carbonyl (C=O) groups is 3. The maximum Gasteiger partial charge on any atom is 0.308 e. The van der Waals surface area contributed by atoms with Crippen molar-refractivity contribution in [2.75, 3.05) is 10.2 Å². The lowest BCUT2D eigenvalue weighted by atomic mass is 9.83. The van der Waals surface area contributed by atoms with Gasteiger partial charge in [0, 0.05) is 21.0 Å². The molecule has 0 aliphatic carbocycles. The molecule has 3 atom stereocenters. The Morgan fingerprint density at radius 1 is 1.00 bits per heavy atom. The van der Waals surface area contributed by atoms with Crippen LogP contribution in [0.25, 0.3) is 0 Å². The van der Waals surface area contributed by atoms with Crippen LogP contribution in [0.4, 0.5) is 15.8 Å². The van der Waals surface area contributed by atoms with Gasteiger partial charge in [-0.2, -0.15) is 0 Å². The van der Waals surface area contributed by atoms with Crippen LogP contribution in [0.15, 0.2) is 87.1 Å². The summed E-state index contributed by atoms with van der Waals surface area (Å²) in [6, 6.07) is 20.0. The summed E-state index contributed by atoms with van der Waals surface area (Å²) in [6.45, 7) is 1.64. The molecule has 1 aromatic heterocycles. The van der Waals surface area contributed by atoms with Gasteiger partial charge in [-0.05, 0) is 61.0 Å². The highest BCUT2D eigenvalue weighted by Crippen LogP contribution is 2.54. The first kappa shape index (κ1) is 26.7. The predicted octanol–water partition coefficient (Wildman–Crippen LogP) is 5.55. The number of aryl methyl sites for hydroxylation is 1. The third-order valence-corrected chi connectivity index (χ3v) is 10.1. The standard InChI is InChI=1S/C29H21BrFN3O4S2/c1-15-5-11-20(12-6-15)34-26(36)23-22(16-3-2-4-17(30)13-16)25-28(39-24(23)27(34)37)33(29(38)40-25)14-21(35)32-19-9-7-18(31)8-10-19/h2-13,22-24H,14H2,1H3,(H,32,35)/t22-,23?,24?/m1/s1. The SMILES string of the molecule is Cc1ccc(N2C(=O)C3Sc4c(sc(=O)n4CC(=O)Nc4ccc(F)cc4)[C@H](c4cccc(Br)c4)C3C2=O)cc1. The van der Waals surface area contributed by atoms with Gasteiger partial charge in [-0.3, -0.25) is 23.7 Å². The number of rotatable bonds is 5. The van der Waals surface area contributed by atoms with Crippen LogP contribution < -0.4 is 15.1 Å². The number of benzene rings is 3. The van der Waals surface area contributed by atoms with Gasteiger partial charge in [0.25, 0.3) is 0 Å². The number of hydrogen-bond donors (Lipinski definition) is 1. The summed E-state index contributed by atoms with van der Waals surface area (Å²) in [5.74, 6) is -2.84. The average Bonchev–Trinajstić information content (AvgIpc) is 3.36. The summed E-state index contributed by atoms with van der Waals surface area (Å²) in [5.41, 5.74) is 2.70. The molecule has 11 heteroatoms. The van der Waals surface area contributed by atoms with Crippen LogP contribution >= 0.6 is 39.0 Å². The molecular weight excluding hydrogens is 617 g/mol. The third kappa shape index (κ3) is 4.71. The highest BCUT2D eigenvalue weighted by molar-refractivity contribution is 9.10. The lowest BCUT2D eigenvalue weighted by Crippen LogP contribution is -2.33. The Hall–Kier alpha value is -3.54. The second kappa shape index (κ2) is 10.5. The largest absolute Gasteiger partial charge is 0.325 e. The second-order valence-electron chi connectivity index (χ2n) is 9.62.